The van der Waals surface area contributed by atoms with Gasteiger partial charge in [-0.2, -0.15) is 4.37 Å². The molecule has 3 heterocycles. The van der Waals surface area contributed by atoms with Gasteiger partial charge in [-0.05, 0) is 54.7 Å². The van der Waals surface area contributed by atoms with E-state index in [2.05, 4.69) is 38.4 Å². The van der Waals surface area contributed by atoms with E-state index in [0.29, 0.717) is 23.3 Å². The molecule has 0 amide bonds. The summed E-state index contributed by atoms with van der Waals surface area (Å²) < 4.78 is 10.1. The first-order valence-corrected chi connectivity index (χ1v) is 10.7. The molecule has 0 atom stereocenters. The second kappa shape index (κ2) is 7.92. The Morgan fingerprint density at radius 3 is 2.58 bits per heavy atom. The topological polar surface area (TPSA) is 63.2 Å². The molecule has 2 aliphatic rings. The van der Waals surface area contributed by atoms with Crippen LogP contribution in [0.3, 0.4) is 0 Å². The molecule has 0 unspecified atom stereocenters. The number of nitrogens with one attached hydrogen (secondary N) is 1. The lowest BCUT2D eigenvalue weighted by atomic mass is 9.90. The quantitative estimate of drug-likeness (QED) is 0.791. The third-order valence-electron chi connectivity index (χ3n) is 5.48. The zero-order valence-electron chi connectivity index (χ0n) is 15.4. The van der Waals surface area contributed by atoms with Crippen molar-refractivity contribution in [2.75, 3.05) is 31.6 Å². The van der Waals surface area contributed by atoms with Gasteiger partial charge in [0.05, 0.1) is 24.3 Å². The number of rotatable bonds is 4. The number of ether oxygens (including phenoxy) is 1. The van der Waals surface area contributed by atoms with Crippen LogP contribution in [0.1, 0.15) is 51.1 Å². The predicted octanol–water partition coefficient (Wildman–Crippen LogP) is 3.92. The average molecular weight is 396 g/mol. The van der Waals surface area contributed by atoms with Gasteiger partial charge >= 0.3 is 0 Å². The molecule has 1 saturated heterocycles. The van der Waals surface area contributed by atoms with E-state index >= 15 is 0 Å². The van der Waals surface area contributed by atoms with E-state index in [1.165, 1.54) is 24.4 Å². The predicted molar refractivity (Wildman–Crippen MR) is 106 cm³/mol. The summed E-state index contributed by atoms with van der Waals surface area (Å²) in [4.78, 5) is 12.3. The van der Waals surface area contributed by atoms with Gasteiger partial charge < -0.3 is 10.1 Å². The molecule has 1 aliphatic carbocycles. The van der Waals surface area contributed by atoms with Gasteiger partial charge in [0.15, 0.2) is 4.83 Å². The highest BCUT2D eigenvalue weighted by Gasteiger charge is 2.28. The number of fused-ring (bicyclic) bond motifs is 1. The molecule has 6 nitrogen and oxygen atoms in total. The summed E-state index contributed by atoms with van der Waals surface area (Å²) in [6.07, 6.45) is 4.75. The summed E-state index contributed by atoms with van der Waals surface area (Å²) in [6, 6.07) is 1.13. The van der Waals surface area contributed by atoms with Crippen molar-refractivity contribution in [3.63, 3.8) is 0 Å². The minimum absolute atomic E-state index is 0.293. The zero-order valence-corrected chi connectivity index (χ0v) is 16.9. The fourth-order valence-corrected chi connectivity index (χ4v) is 5.19. The van der Waals surface area contributed by atoms with Gasteiger partial charge in [-0.3, -0.25) is 4.90 Å². The van der Waals surface area contributed by atoms with Crippen molar-refractivity contribution in [3.05, 3.63) is 11.0 Å². The van der Waals surface area contributed by atoms with Crippen molar-refractivity contribution in [3.8, 4) is 0 Å². The molecule has 2 fully saturated rings. The molecule has 0 aromatic carbocycles. The summed E-state index contributed by atoms with van der Waals surface area (Å²) in [5.74, 6) is 1.19. The van der Waals surface area contributed by atoms with Crippen molar-refractivity contribution in [1.29, 1.82) is 0 Å². The third kappa shape index (κ3) is 3.81. The fraction of sp³-hybridized carbons (Fsp3) is 0.722. The van der Waals surface area contributed by atoms with E-state index in [-0.39, 0.29) is 0 Å². The number of morpholine rings is 1. The van der Waals surface area contributed by atoms with Crippen LogP contribution in [-0.2, 0) is 4.74 Å². The summed E-state index contributed by atoms with van der Waals surface area (Å²) in [5.41, 5.74) is 1.06. The second-order valence-corrected chi connectivity index (χ2v) is 8.63. The molecule has 1 N–H and O–H groups in total. The molecule has 0 radical (unpaired) electrons. The maximum atomic E-state index is 6.15. The summed E-state index contributed by atoms with van der Waals surface area (Å²) >= 11 is 7.56. The van der Waals surface area contributed by atoms with E-state index in [9.17, 15) is 0 Å². The van der Waals surface area contributed by atoms with Gasteiger partial charge in [0.1, 0.15) is 5.82 Å². The molecule has 26 heavy (non-hydrogen) atoms. The van der Waals surface area contributed by atoms with Crippen LogP contribution in [0.25, 0.3) is 10.2 Å². The first kappa shape index (κ1) is 18.3. The molecule has 8 heteroatoms. The van der Waals surface area contributed by atoms with Crippen LogP contribution in [0.5, 0.6) is 0 Å². The van der Waals surface area contributed by atoms with Crippen molar-refractivity contribution in [2.24, 2.45) is 0 Å². The van der Waals surface area contributed by atoms with Gasteiger partial charge in [-0.15, -0.1) is 0 Å². The summed E-state index contributed by atoms with van der Waals surface area (Å²) in [7, 11) is 0. The lowest BCUT2D eigenvalue weighted by Crippen LogP contribution is -2.46. The molecule has 1 saturated carbocycles. The highest BCUT2D eigenvalue weighted by Crippen LogP contribution is 2.34. The van der Waals surface area contributed by atoms with E-state index in [1.807, 2.05) is 0 Å². The lowest BCUT2D eigenvalue weighted by Gasteiger charge is -2.39. The van der Waals surface area contributed by atoms with Gasteiger partial charge in [0.25, 0.3) is 0 Å². The average Bonchev–Trinajstić information content (AvgIpc) is 3.07. The first-order chi connectivity index (χ1) is 12.6. The van der Waals surface area contributed by atoms with Crippen LogP contribution in [0.4, 0.5) is 5.82 Å². The van der Waals surface area contributed by atoms with Crippen LogP contribution < -0.4 is 5.32 Å². The van der Waals surface area contributed by atoms with Crippen LogP contribution in [0, 0.1) is 0 Å². The van der Waals surface area contributed by atoms with Gasteiger partial charge in [-0.1, -0.05) is 13.8 Å². The first-order valence-electron chi connectivity index (χ1n) is 9.53. The van der Waals surface area contributed by atoms with Crippen LogP contribution in [0.15, 0.2) is 0 Å². The van der Waals surface area contributed by atoms with E-state index < -0.39 is 0 Å². The van der Waals surface area contributed by atoms with Gasteiger partial charge in [0, 0.05) is 25.2 Å². The normalized spacial score (nSPS) is 25.1. The number of anilines is 1. The molecule has 1 aliphatic heterocycles. The maximum absolute atomic E-state index is 6.15. The van der Waals surface area contributed by atoms with Gasteiger partial charge in [0.2, 0.25) is 5.28 Å². The molecule has 0 spiro atoms. The fourth-order valence-electron chi connectivity index (χ4n) is 4.07. The molecule has 2 aromatic rings. The Kier molecular flexibility index (Phi) is 5.59. The molecule has 142 valence electrons. The van der Waals surface area contributed by atoms with Crippen LogP contribution in [0.2, 0.25) is 5.28 Å². The number of hydrogen-bond donors (Lipinski definition) is 1. The molecule has 4 rings (SSSR count). The Labute approximate surface area is 163 Å². The summed E-state index contributed by atoms with van der Waals surface area (Å²) in [5, 5.41) is 5.00. The molecular formula is C18H26ClN5OS. The number of hydrogen-bond acceptors (Lipinski definition) is 7. The third-order valence-corrected chi connectivity index (χ3v) is 6.41. The Morgan fingerprint density at radius 1 is 1.15 bits per heavy atom. The largest absolute Gasteiger partial charge is 0.379 e. The van der Waals surface area contributed by atoms with Crippen molar-refractivity contribution in [1.82, 2.24) is 19.2 Å². The van der Waals surface area contributed by atoms with Crippen LogP contribution in [-0.4, -0.2) is 57.6 Å². The molecule has 0 bridgehead atoms. The monoisotopic (exact) mass is 395 g/mol. The minimum atomic E-state index is 0.293. The van der Waals surface area contributed by atoms with Gasteiger partial charge in [-0.25, -0.2) is 9.97 Å². The van der Waals surface area contributed by atoms with Crippen molar-refractivity contribution >= 4 is 39.2 Å². The number of nitrogens with zero attached hydrogens (tertiary/aromatic N) is 4. The highest BCUT2D eigenvalue weighted by molar-refractivity contribution is 7.13. The minimum Gasteiger partial charge on any atom is -0.379 e. The lowest BCUT2D eigenvalue weighted by molar-refractivity contribution is 0.00791. The van der Waals surface area contributed by atoms with Crippen molar-refractivity contribution in [2.45, 2.75) is 57.5 Å². The SMILES string of the molecule is CC(C)c1nsc2nc(Cl)nc(NC3CCC(N4CCOCC4)CC3)c12. The molecule has 2 aromatic heterocycles. The van der Waals surface area contributed by atoms with E-state index in [0.717, 1.165) is 60.9 Å². The second-order valence-electron chi connectivity index (χ2n) is 7.54. The maximum Gasteiger partial charge on any atom is 0.225 e. The summed E-state index contributed by atoms with van der Waals surface area (Å²) in [6.45, 7) is 8.20. The zero-order chi connectivity index (χ0) is 18.1. The van der Waals surface area contributed by atoms with Crippen LogP contribution >= 0.6 is 23.1 Å². The van der Waals surface area contributed by atoms with E-state index in [4.69, 9.17) is 16.3 Å². The number of halogens is 1. The Balaban J connectivity index is 1.47. The van der Waals surface area contributed by atoms with Crippen molar-refractivity contribution < 1.29 is 4.74 Å². The highest BCUT2D eigenvalue weighted by atomic mass is 35.5. The van der Waals surface area contributed by atoms with E-state index in [1.54, 1.807) is 0 Å². The number of aromatic nitrogens is 3. The molecular weight excluding hydrogens is 370 g/mol. The Morgan fingerprint density at radius 2 is 1.88 bits per heavy atom. The standard InChI is InChI=1S/C18H26ClN5OS/c1-11(2)15-14-16(21-18(19)22-17(14)26-23-15)20-12-3-5-13(6-4-12)24-7-9-25-10-8-24/h11-13H,3-10H2,1-2H3,(H,20,21,22). The smallest absolute Gasteiger partial charge is 0.225 e. The Bertz CT molecular complexity index is 753. The Hall–Kier alpha value is -1.02.